The van der Waals surface area contributed by atoms with Gasteiger partial charge in [-0.1, -0.05) is 0 Å². The van der Waals surface area contributed by atoms with Crippen molar-refractivity contribution in [2.75, 3.05) is 7.11 Å². The Morgan fingerprint density at radius 1 is 1.25 bits per heavy atom. The molecule has 0 saturated heterocycles. The Kier molecular flexibility index (Phi) is 3.44. The second kappa shape index (κ2) is 5.34. The molecule has 8 nitrogen and oxygen atoms in total. The van der Waals surface area contributed by atoms with Crippen LogP contribution in [-0.4, -0.2) is 33.3 Å². The molecule has 3 N–H and O–H groups in total. The molecule has 24 heavy (non-hydrogen) atoms. The fourth-order valence-corrected chi connectivity index (χ4v) is 2.53. The monoisotopic (exact) mass is 328 g/mol. The van der Waals surface area contributed by atoms with Crippen LogP contribution in [0.1, 0.15) is 15.9 Å². The van der Waals surface area contributed by atoms with Crippen molar-refractivity contribution in [3.63, 3.8) is 0 Å². The molecule has 0 radical (unpaired) electrons. The van der Waals surface area contributed by atoms with Gasteiger partial charge in [-0.25, -0.2) is 9.78 Å². The summed E-state index contributed by atoms with van der Waals surface area (Å²) in [5, 5.41) is 19.3. The summed E-state index contributed by atoms with van der Waals surface area (Å²) in [5.74, 6) is -1.12. The number of esters is 1. The minimum Gasteiger partial charge on any atom is -0.515 e. The Balaban J connectivity index is 2.66. The van der Waals surface area contributed by atoms with E-state index in [2.05, 4.69) is 14.7 Å². The zero-order valence-electron chi connectivity index (χ0n) is 12.7. The molecule has 0 aliphatic rings. The van der Waals surface area contributed by atoms with Crippen LogP contribution in [-0.2, 0) is 4.74 Å². The average Bonchev–Trinajstić information content (AvgIpc) is 2.59. The zero-order chi connectivity index (χ0) is 17.6. The quantitative estimate of drug-likeness (QED) is 0.431. The summed E-state index contributed by atoms with van der Waals surface area (Å²) < 4.78 is 4.66. The van der Waals surface area contributed by atoms with Gasteiger partial charge in [0.1, 0.15) is 22.3 Å². The molecule has 0 atom stereocenters. The van der Waals surface area contributed by atoms with E-state index in [9.17, 15) is 24.6 Å². The highest BCUT2D eigenvalue weighted by Gasteiger charge is 2.18. The van der Waals surface area contributed by atoms with Gasteiger partial charge in [0.15, 0.2) is 0 Å². The molecule has 0 amide bonds. The first kappa shape index (κ1) is 15.5. The Labute approximate surface area is 133 Å². The Morgan fingerprint density at radius 3 is 2.58 bits per heavy atom. The molecule has 0 saturated carbocycles. The van der Waals surface area contributed by atoms with Crippen LogP contribution >= 0.6 is 0 Å². The molecule has 8 heteroatoms. The van der Waals surface area contributed by atoms with Gasteiger partial charge in [0, 0.05) is 5.56 Å². The summed E-state index contributed by atoms with van der Waals surface area (Å²) in [6.07, 6.45) is 0.603. The lowest BCUT2D eigenvalue weighted by Crippen LogP contribution is -2.20. The van der Waals surface area contributed by atoms with E-state index in [4.69, 9.17) is 0 Å². The van der Waals surface area contributed by atoms with Crippen LogP contribution in [0, 0.1) is 6.92 Å². The average molecular weight is 328 g/mol. The van der Waals surface area contributed by atoms with Crippen LogP contribution in [0.4, 0.5) is 0 Å². The normalized spacial score (nSPS) is 12.0. The van der Waals surface area contributed by atoms with Gasteiger partial charge in [0.25, 0.3) is 0 Å². The number of phenols is 1. The van der Waals surface area contributed by atoms with Crippen LogP contribution in [0.25, 0.3) is 28.3 Å². The number of carbonyl (C=O) groups is 1. The third-order valence-electron chi connectivity index (χ3n) is 3.82. The number of aliphatic hydroxyl groups is 1. The molecule has 3 aromatic rings. The van der Waals surface area contributed by atoms with Crippen LogP contribution < -0.4 is 16.1 Å². The highest BCUT2D eigenvalue weighted by molar-refractivity contribution is 6.03. The van der Waals surface area contributed by atoms with Crippen molar-refractivity contribution in [1.82, 2.24) is 9.97 Å². The predicted octanol–water partition coefficient (Wildman–Crippen LogP) is 0.252. The third-order valence-corrected chi connectivity index (χ3v) is 3.82. The topological polar surface area (TPSA) is 130 Å². The number of fused-ring (bicyclic) bond motifs is 2. The number of ether oxygens (including phenoxy) is 1. The minimum atomic E-state index is -0.700. The molecule has 0 spiro atoms. The van der Waals surface area contributed by atoms with Crippen molar-refractivity contribution in [2.24, 2.45) is 0 Å². The van der Waals surface area contributed by atoms with E-state index >= 15 is 0 Å². The van der Waals surface area contributed by atoms with Gasteiger partial charge in [0.2, 0.25) is 10.9 Å². The molecule has 0 aliphatic carbocycles. The maximum Gasteiger partial charge on any atom is 0.340 e. The molecular weight excluding hydrogens is 316 g/mol. The predicted molar refractivity (Wildman–Crippen MR) is 86.2 cm³/mol. The molecule has 0 unspecified atom stereocenters. The van der Waals surface area contributed by atoms with Gasteiger partial charge in [-0.15, -0.1) is 0 Å². The summed E-state index contributed by atoms with van der Waals surface area (Å²) in [7, 11) is 1.19. The summed E-state index contributed by atoms with van der Waals surface area (Å²) in [4.78, 5) is 43.1. The molecule has 3 rings (SSSR count). The number of methoxy groups -OCH3 is 1. The summed E-state index contributed by atoms with van der Waals surface area (Å²) in [5.41, 5.74) is -1.20. The van der Waals surface area contributed by atoms with Gasteiger partial charge >= 0.3 is 5.97 Å². The van der Waals surface area contributed by atoms with Crippen molar-refractivity contribution in [3.8, 4) is 5.75 Å². The highest BCUT2D eigenvalue weighted by Crippen LogP contribution is 2.17. The van der Waals surface area contributed by atoms with Crippen molar-refractivity contribution in [2.45, 2.75) is 6.92 Å². The number of aromatic nitrogens is 2. The van der Waals surface area contributed by atoms with Crippen LogP contribution in [0.2, 0.25) is 0 Å². The summed E-state index contributed by atoms with van der Waals surface area (Å²) >= 11 is 0. The van der Waals surface area contributed by atoms with Gasteiger partial charge in [-0.05, 0) is 19.1 Å². The van der Waals surface area contributed by atoms with Gasteiger partial charge in [0.05, 0.1) is 29.7 Å². The number of hydrogen-bond donors (Lipinski definition) is 3. The van der Waals surface area contributed by atoms with Gasteiger partial charge < -0.3 is 19.9 Å². The van der Waals surface area contributed by atoms with Crippen LogP contribution in [0.5, 0.6) is 5.75 Å². The summed E-state index contributed by atoms with van der Waals surface area (Å²) in [6, 6.07) is 2.42. The second-order valence-electron chi connectivity index (χ2n) is 5.13. The summed E-state index contributed by atoms with van der Waals surface area (Å²) in [6.45, 7) is 1.38. The highest BCUT2D eigenvalue weighted by atomic mass is 16.5. The molecule has 122 valence electrons. The lowest BCUT2D eigenvalue weighted by atomic mass is 10.1. The van der Waals surface area contributed by atoms with Crippen molar-refractivity contribution < 1.29 is 19.7 Å². The number of rotatable bonds is 1. The fourth-order valence-electron chi connectivity index (χ4n) is 2.53. The zero-order valence-corrected chi connectivity index (χ0v) is 12.7. The Hall–Kier alpha value is -3.42. The number of hydrogen-bond acceptors (Lipinski definition) is 7. The van der Waals surface area contributed by atoms with E-state index in [1.54, 1.807) is 0 Å². The number of carbonyl (C=O) groups excluding carboxylic acids is 1. The number of nitrogens with zero attached hydrogens (tertiary/aromatic N) is 1. The van der Waals surface area contributed by atoms with Crippen molar-refractivity contribution >= 4 is 34.3 Å². The van der Waals surface area contributed by atoms with E-state index in [0.717, 1.165) is 6.07 Å². The first-order chi connectivity index (χ1) is 11.4. The van der Waals surface area contributed by atoms with E-state index in [-0.39, 0.29) is 38.4 Å². The fraction of sp³-hybridized carbons (Fsp3) is 0.125. The Bertz CT molecular complexity index is 1180. The molecule has 1 aromatic heterocycles. The molecule has 0 aliphatic heterocycles. The number of nitrogens with one attached hydrogen (secondary N) is 1. The molecule has 1 heterocycles. The minimum absolute atomic E-state index is 0.00176. The van der Waals surface area contributed by atoms with Crippen LogP contribution in [0.3, 0.4) is 0 Å². The maximum absolute atomic E-state index is 12.4. The van der Waals surface area contributed by atoms with Crippen molar-refractivity contribution in [1.29, 1.82) is 0 Å². The standard InChI is InChI=1S/C16H12N2O6/c1-6-14(21)8(5-19)11-13(15(6)22)18-10-7(16(23)24-2)3-4-9(20)12(10)17-11/h3-5,18-19,21H,1-2H3/b8-5-. The smallest absolute Gasteiger partial charge is 0.340 e. The van der Waals surface area contributed by atoms with E-state index in [0.29, 0.717) is 6.26 Å². The SMILES string of the molecule is COC(=O)c1ccc(=O)c2nc3/c(=C/O)c(O)c(C)c(=O)c3[nH]c12. The molecule has 2 aromatic carbocycles. The van der Waals surface area contributed by atoms with Gasteiger partial charge in [-0.2, -0.15) is 0 Å². The first-order valence-corrected chi connectivity index (χ1v) is 6.85. The maximum atomic E-state index is 12.4. The first-order valence-electron chi connectivity index (χ1n) is 6.85. The van der Waals surface area contributed by atoms with Crippen LogP contribution in [0.15, 0.2) is 21.7 Å². The Morgan fingerprint density at radius 2 is 1.96 bits per heavy atom. The number of aromatic amines is 1. The molecular formula is C16H12N2O6. The lowest BCUT2D eigenvalue weighted by Gasteiger charge is -2.08. The largest absolute Gasteiger partial charge is 0.515 e. The number of benzene rings is 2. The molecule has 0 bridgehead atoms. The number of aromatic hydroxyl groups is 1. The number of H-pyrrole nitrogens is 1. The van der Waals surface area contributed by atoms with Gasteiger partial charge in [-0.3, -0.25) is 9.59 Å². The van der Waals surface area contributed by atoms with Crippen molar-refractivity contribution in [3.05, 3.63) is 48.9 Å². The number of phenolic OH excluding ortho intramolecular Hbond substituents is 1. The lowest BCUT2D eigenvalue weighted by molar-refractivity contribution is 0.0602. The molecule has 0 fully saturated rings. The third kappa shape index (κ3) is 2.00. The number of aliphatic hydroxyl groups excluding tert-OH is 1. The van der Waals surface area contributed by atoms with E-state index in [1.807, 2.05) is 0 Å². The second-order valence-corrected chi connectivity index (χ2v) is 5.13. The van der Waals surface area contributed by atoms with E-state index in [1.165, 1.54) is 20.1 Å². The van der Waals surface area contributed by atoms with E-state index < -0.39 is 22.6 Å².